The van der Waals surface area contributed by atoms with Crippen LogP contribution in [0.15, 0.2) is 30.3 Å². The van der Waals surface area contributed by atoms with Crippen molar-refractivity contribution in [3.05, 3.63) is 35.9 Å². The highest BCUT2D eigenvalue weighted by Crippen LogP contribution is 2.02. The average molecular weight is 248 g/mol. The van der Waals surface area contributed by atoms with Gasteiger partial charge in [0, 0.05) is 12.1 Å². The number of carbonyl (C=O) groups excluding carboxylic acids is 2. The molecule has 0 radical (unpaired) electrons. The van der Waals surface area contributed by atoms with Crippen molar-refractivity contribution in [1.29, 1.82) is 0 Å². The lowest BCUT2D eigenvalue weighted by Gasteiger charge is -2.09. The number of nitrogens with one attached hydrogen (secondary N) is 1. The van der Waals surface area contributed by atoms with Crippen LogP contribution in [0.2, 0.25) is 0 Å². The van der Waals surface area contributed by atoms with Gasteiger partial charge >= 0.3 is 0 Å². The maximum atomic E-state index is 11.7. The van der Waals surface area contributed by atoms with E-state index in [0.29, 0.717) is 12.1 Å². The Balaban J connectivity index is 2.26. The van der Waals surface area contributed by atoms with Crippen molar-refractivity contribution < 1.29 is 9.59 Å². The topological polar surface area (TPSA) is 49.4 Å². The third kappa shape index (κ3) is 5.59. The predicted molar refractivity (Wildman–Crippen MR) is 71.6 cm³/mol. The van der Waals surface area contributed by atoms with Crippen LogP contribution in [0.4, 0.5) is 0 Å². The number of benzene rings is 1. The van der Waals surface area contributed by atoms with E-state index in [2.05, 4.69) is 10.2 Å². The van der Waals surface area contributed by atoms with E-state index in [1.165, 1.54) is 0 Å². The summed E-state index contributed by atoms with van der Waals surface area (Å²) in [6.07, 6.45) is 0.810. The smallest absolute Gasteiger partial charge is 0.227 e. The molecule has 0 aliphatic heterocycles. The van der Waals surface area contributed by atoms with Crippen molar-refractivity contribution in [2.24, 2.45) is 0 Å². The van der Waals surface area contributed by atoms with E-state index < -0.39 is 0 Å². The number of ketones is 1. The summed E-state index contributed by atoms with van der Waals surface area (Å²) in [5.74, 6) is -0.344. The first kappa shape index (κ1) is 14.4. The fourth-order valence-electron chi connectivity index (χ4n) is 1.56. The first-order chi connectivity index (χ1) is 8.59. The number of amides is 1. The predicted octanol–water partition coefficient (Wildman–Crippen LogP) is 1.33. The minimum atomic E-state index is -0.206. The summed E-state index contributed by atoms with van der Waals surface area (Å²) in [7, 11) is 3.97. The van der Waals surface area contributed by atoms with Crippen LogP contribution in [-0.4, -0.2) is 43.8 Å². The number of carbonyl (C=O) groups is 2. The zero-order valence-corrected chi connectivity index (χ0v) is 11.0. The molecule has 0 aromatic heterocycles. The molecule has 4 heteroatoms. The molecule has 0 fully saturated rings. The van der Waals surface area contributed by atoms with Gasteiger partial charge in [0.2, 0.25) is 5.91 Å². The normalized spacial score (nSPS) is 10.4. The number of hydrogen-bond donors (Lipinski definition) is 1. The fraction of sp³-hybridized carbons (Fsp3) is 0.429. The van der Waals surface area contributed by atoms with Crippen LogP contribution in [0.3, 0.4) is 0 Å². The molecule has 18 heavy (non-hydrogen) atoms. The first-order valence-corrected chi connectivity index (χ1v) is 6.09. The zero-order chi connectivity index (χ0) is 13.4. The van der Waals surface area contributed by atoms with Crippen LogP contribution < -0.4 is 5.32 Å². The Labute approximate surface area is 108 Å². The van der Waals surface area contributed by atoms with Crippen LogP contribution in [-0.2, 0) is 4.79 Å². The van der Waals surface area contributed by atoms with Crippen LogP contribution >= 0.6 is 0 Å². The molecule has 0 atom stereocenters. The minimum Gasteiger partial charge on any atom is -0.356 e. The lowest BCUT2D eigenvalue weighted by Crippen LogP contribution is -2.28. The van der Waals surface area contributed by atoms with E-state index in [1.807, 2.05) is 20.2 Å². The lowest BCUT2D eigenvalue weighted by molar-refractivity contribution is -0.120. The Morgan fingerprint density at radius 2 is 1.83 bits per heavy atom. The van der Waals surface area contributed by atoms with E-state index >= 15 is 0 Å². The van der Waals surface area contributed by atoms with Crippen LogP contribution in [0.25, 0.3) is 0 Å². The number of rotatable bonds is 7. The molecule has 0 unspecified atom stereocenters. The highest BCUT2D eigenvalue weighted by molar-refractivity contribution is 6.07. The maximum absolute atomic E-state index is 11.7. The van der Waals surface area contributed by atoms with Gasteiger partial charge in [-0.15, -0.1) is 0 Å². The summed E-state index contributed by atoms with van der Waals surface area (Å²) >= 11 is 0. The standard InChI is InChI=1S/C14H20N2O2/c1-16(2)10-6-9-15-14(18)11-13(17)12-7-4-3-5-8-12/h3-5,7-8H,6,9-11H2,1-2H3,(H,15,18). The van der Waals surface area contributed by atoms with Crippen molar-refractivity contribution >= 4 is 11.7 Å². The van der Waals surface area contributed by atoms with Crippen LogP contribution in [0.1, 0.15) is 23.2 Å². The highest BCUT2D eigenvalue weighted by atomic mass is 16.2. The van der Waals surface area contributed by atoms with E-state index in [-0.39, 0.29) is 18.1 Å². The molecule has 0 spiro atoms. The Morgan fingerprint density at radius 1 is 1.17 bits per heavy atom. The molecule has 1 rings (SSSR count). The minimum absolute atomic E-state index is 0.0774. The van der Waals surface area contributed by atoms with Gasteiger partial charge in [0.15, 0.2) is 5.78 Å². The molecule has 0 bridgehead atoms. The van der Waals surface area contributed by atoms with Crippen molar-refractivity contribution in [3.63, 3.8) is 0 Å². The number of nitrogens with zero attached hydrogens (tertiary/aromatic N) is 1. The zero-order valence-electron chi connectivity index (χ0n) is 11.0. The molecule has 0 aliphatic rings. The fourth-order valence-corrected chi connectivity index (χ4v) is 1.56. The largest absolute Gasteiger partial charge is 0.356 e. The summed E-state index contributed by atoms with van der Waals surface area (Å²) in [6, 6.07) is 8.88. The SMILES string of the molecule is CN(C)CCCNC(=O)CC(=O)c1ccccc1. The Bertz CT molecular complexity index is 388. The summed E-state index contributed by atoms with van der Waals surface area (Å²) in [4.78, 5) is 25.3. The van der Waals surface area contributed by atoms with Gasteiger partial charge < -0.3 is 10.2 Å². The third-order valence-corrected chi connectivity index (χ3v) is 2.52. The Kier molecular flexibility index (Phi) is 6.08. The molecule has 98 valence electrons. The quantitative estimate of drug-likeness (QED) is 0.450. The third-order valence-electron chi connectivity index (χ3n) is 2.52. The van der Waals surface area contributed by atoms with Crippen LogP contribution in [0, 0.1) is 0 Å². The van der Waals surface area contributed by atoms with Gasteiger partial charge in [-0.2, -0.15) is 0 Å². The molecular weight excluding hydrogens is 228 g/mol. The Hall–Kier alpha value is -1.68. The van der Waals surface area contributed by atoms with Crippen molar-refractivity contribution in [2.75, 3.05) is 27.2 Å². The monoisotopic (exact) mass is 248 g/mol. The molecule has 1 aromatic rings. The molecule has 0 saturated carbocycles. The van der Waals surface area contributed by atoms with E-state index in [0.717, 1.165) is 13.0 Å². The van der Waals surface area contributed by atoms with Crippen molar-refractivity contribution in [1.82, 2.24) is 10.2 Å². The van der Waals surface area contributed by atoms with E-state index in [4.69, 9.17) is 0 Å². The summed E-state index contributed by atoms with van der Waals surface area (Å²) in [6.45, 7) is 1.53. The second kappa shape index (κ2) is 7.61. The number of Topliss-reactive ketones (excluding diaryl/α,β-unsaturated/α-hetero) is 1. The number of hydrogen-bond acceptors (Lipinski definition) is 3. The second-order valence-corrected chi connectivity index (χ2v) is 4.47. The second-order valence-electron chi connectivity index (χ2n) is 4.47. The van der Waals surface area contributed by atoms with E-state index in [1.54, 1.807) is 24.3 Å². The molecule has 0 aliphatic carbocycles. The van der Waals surface area contributed by atoms with Crippen LogP contribution in [0.5, 0.6) is 0 Å². The van der Waals surface area contributed by atoms with Gasteiger partial charge in [-0.25, -0.2) is 0 Å². The molecule has 1 amide bonds. The maximum Gasteiger partial charge on any atom is 0.227 e. The van der Waals surface area contributed by atoms with Gasteiger partial charge in [0.1, 0.15) is 0 Å². The van der Waals surface area contributed by atoms with Crippen molar-refractivity contribution in [2.45, 2.75) is 12.8 Å². The Morgan fingerprint density at radius 3 is 2.44 bits per heavy atom. The molecule has 0 heterocycles. The summed E-state index contributed by atoms with van der Waals surface area (Å²) in [5.41, 5.74) is 0.584. The van der Waals surface area contributed by atoms with Gasteiger partial charge in [-0.1, -0.05) is 30.3 Å². The van der Waals surface area contributed by atoms with Crippen molar-refractivity contribution in [3.8, 4) is 0 Å². The van der Waals surface area contributed by atoms with Gasteiger partial charge in [-0.3, -0.25) is 9.59 Å². The average Bonchev–Trinajstić information content (AvgIpc) is 2.35. The molecule has 1 aromatic carbocycles. The molecular formula is C14H20N2O2. The highest BCUT2D eigenvalue weighted by Gasteiger charge is 2.10. The van der Waals surface area contributed by atoms with Gasteiger partial charge in [0.05, 0.1) is 6.42 Å². The molecule has 0 saturated heterocycles. The van der Waals surface area contributed by atoms with Gasteiger partial charge in [0.25, 0.3) is 0 Å². The summed E-state index contributed by atoms with van der Waals surface area (Å²) < 4.78 is 0. The van der Waals surface area contributed by atoms with Gasteiger partial charge in [-0.05, 0) is 27.1 Å². The first-order valence-electron chi connectivity index (χ1n) is 6.09. The summed E-state index contributed by atoms with van der Waals surface area (Å²) in [5, 5.41) is 2.75. The molecule has 4 nitrogen and oxygen atoms in total. The molecule has 1 N–H and O–H groups in total. The van der Waals surface area contributed by atoms with E-state index in [9.17, 15) is 9.59 Å². The lowest BCUT2D eigenvalue weighted by atomic mass is 10.1.